The minimum absolute atomic E-state index is 0.0883. The zero-order chi connectivity index (χ0) is 20.2. The molecule has 1 aromatic carbocycles. The Labute approximate surface area is 165 Å². The Kier molecular flexibility index (Phi) is 4.81. The van der Waals surface area contributed by atoms with Gasteiger partial charge in [0.1, 0.15) is 12.0 Å². The number of hydrogen-bond acceptors (Lipinski definition) is 5. The lowest BCUT2D eigenvalue weighted by Gasteiger charge is -2.07. The summed E-state index contributed by atoms with van der Waals surface area (Å²) in [6.45, 7) is 0. The van der Waals surface area contributed by atoms with Crippen molar-refractivity contribution in [3.63, 3.8) is 0 Å². The largest absolute Gasteiger partial charge is 0.478 e. The summed E-state index contributed by atoms with van der Waals surface area (Å²) in [7, 11) is 0. The molecule has 8 nitrogen and oxygen atoms in total. The molecule has 0 spiro atoms. The summed E-state index contributed by atoms with van der Waals surface area (Å²) in [5, 5.41) is 12.6. The van der Waals surface area contributed by atoms with Crippen molar-refractivity contribution >= 4 is 34.7 Å². The highest BCUT2D eigenvalue weighted by Crippen LogP contribution is 2.29. The van der Waals surface area contributed by atoms with E-state index in [9.17, 15) is 14.7 Å². The number of aromatic nitrogens is 4. The summed E-state index contributed by atoms with van der Waals surface area (Å²) in [4.78, 5) is 38.9. The van der Waals surface area contributed by atoms with E-state index in [0.29, 0.717) is 28.0 Å². The molecule has 0 fully saturated rings. The van der Waals surface area contributed by atoms with E-state index in [0.717, 1.165) is 5.56 Å². The summed E-state index contributed by atoms with van der Waals surface area (Å²) >= 11 is 0. The van der Waals surface area contributed by atoms with Gasteiger partial charge in [-0.1, -0.05) is 12.1 Å². The van der Waals surface area contributed by atoms with Crippen molar-refractivity contribution in [1.82, 2.24) is 19.9 Å². The minimum Gasteiger partial charge on any atom is -0.478 e. The van der Waals surface area contributed by atoms with Crippen LogP contribution < -0.4 is 5.32 Å². The van der Waals surface area contributed by atoms with Gasteiger partial charge in [0.25, 0.3) is 0 Å². The van der Waals surface area contributed by atoms with Gasteiger partial charge in [0.05, 0.1) is 16.6 Å². The molecule has 3 heterocycles. The van der Waals surface area contributed by atoms with Crippen LogP contribution in [0.5, 0.6) is 0 Å². The molecule has 0 bridgehead atoms. The average molecular weight is 385 g/mol. The fourth-order valence-corrected chi connectivity index (χ4v) is 2.93. The van der Waals surface area contributed by atoms with Gasteiger partial charge in [0.2, 0.25) is 5.91 Å². The Hall–Kier alpha value is -4.33. The Morgan fingerprint density at radius 2 is 1.93 bits per heavy atom. The maximum Gasteiger partial charge on any atom is 0.338 e. The number of hydrogen-bond donors (Lipinski definition) is 3. The van der Waals surface area contributed by atoms with Gasteiger partial charge in [-0.05, 0) is 35.9 Å². The number of anilines is 1. The molecule has 0 atom stereocenters. The van der Waals surface area contributed by atoms with Crippen LogP contribution in [0.15, 0.2) is 67.4 Å². The van der Waals surface area contributed by atoms with Gasteiger partial charge in [-0.15, -0.1) is 0 Å². The third kappa shape index (κ3) is 3.86. The molecule has 0 aliphatic heterocycles. The molecule has 0 aliphatic carbocycles. The number of H-pyrrole nitrogens is 1. The molecule has 29 heavy (non-hydrogen) atoms. The highest BCUT2D eigenvalue weighted by Gasteiger charge is 2.17. The van der Waals surface area contributed by atoms with E-state index in [1.807, 2.05) is 0 Å². The first-order chi connectivity index (χ1) is 14.1. The van der Waals surface area contributed by atoms with E-state index in [1.165, 1.54) is 18.6 Å². The molecule has 1 amide bonds. The molecule has 0 radical (unpaired) electrons. The van der Waals surface area contributed by atoms with Crippen LogP contribution in [0.4, 0.5) is 5.69 Å². The predicted octanol–water partition coefficient (Wildman–Crippen LogP) is 3.37. The summed E-state index contributed by atoms with van der Waals surface area (Å²) in [6.07, 6.45) is 9.17. The lowest BCUT2D eigenvalue weighted by molar-refractivity contribution is -0.111. The third-order valence-electron chi connectivity index (χ3n) is 4.24. The fourth-order valence-electron chi connectivity index (χ4n) is 2.93. The number of aromatic carboxylic acids is 1. The van der Waals surface area contributed by atoms with E-state index < -0.39 is 5.97 Å². The monoisotopic (exact) mass is 385 g/mol. The van der Waals surface area contributed by atoms with Crippen LogP contribution in [-0.2, 0) is 4.79 Å². The molecule has 0 aliphatic rings. The number of pyridine rings is 1. The third-order valence-corrected chi connectivity index (χ3v) is 4.24. The Morgan fingerprint density at radius 1 is 1.10 bits per heavy atom. The molecule has 4 rings (SSSR count). The summed E-state index contributed by atoms with van der Waals surface area (Å²) in [6, 6.07) is 10.6. The molecule has 0 saturated carbocycles. The quantitative estimate of drug-likeness (QED) is 0.453. The van der Waals surface area contributed by atoms with Crippen molar-refractivity contribution in [2.45, 2.75) is 0 Å². The van der Waals surface area contributed by atoms with Crippen LogP contribution in [0.2, 0.25) is 0 Å². The number of nitrogens with one attached hydrogen (secondary N) is 2. The molecule has 8 heteroatoms. The van der Waals surface area contributed by atoms with Crippen molar-refractivity contribution in [2.24, 2.45) is 0 Å². The first-order valence-electron chi connectivity index (χ1n) is 8.67. The van der Waals surface area contributed by atoms with Crippen molar-refractivity contribution < 1.29 is 14.7 Å². The number of nitrogens with zero attached hydrogens (tertiary/aromatic N) is 3. The number of benzene rings is 1. The average Bonchev–Trinajstić information content (AvgIpc) is 3.18. The smallest absolute Gasteiger partial charge is 0.338 e. The first-order valence-corrected chi connectivity index (χ1v) is 8.67. The second-order valence-corrected chi connectivity index (χ2v) is 6.14. The van der Waals surface area contributed by atoms with Crippen molar-refractivity contribution in [3.05, 3.63) is 78.5 Å². The number of carbonyl (C=O) groups is 2. The zero-order valence-electron chi connectivity index (χ0n) is 15.0. The van der Waals surface area contributed by atoms with E-state index in [2.05, 4.69) is 25.3 Å². The number of amides is 1. The molecule has 142 valence electrons. The first kappa shape index (κ1) is 18.1. The van der Waals surface area contributed by atoms with Crippen molar-refractivity contribution in [2.75, 3.05) is 5.32 Å². The zero-order valence-corrected chi connectivity index (χ0v) is 15.0. The van der Waals surface area contributed by atoms with E-state index >= 15 is 0 Å². The summed E-state index contributed by atoms with van der Waals surface area (Å²) in [5.41, 5.74) is 3.08. The van der Waals surface area contributed by atoms with E-state index in [-0.39, 0.29) is 11.5 Å². The van der Waals surface area contributed by atoms with Gasteiger partial charge < -0.3 is 15.4 Å². The Morgan fingerprint density at radius 3 is 2.72 bits per heavy atom. The van der Waals surface area contributed by atoms with Crippen LogP contribution in [0.3, 0.4) is 0 Å². The number of aromatic amines is 1. The molecular formula is C21H15N5O3. The second-order valence-electron chi connectivity index (χ2n) is 6.14. The molecule has 3 aromatic heterocycles. The lowest BCUT2D eigenvalue weighted by Crippen LogP contribution is -2.07. The fraction of sp³-hybridized carbons (Fsp3) is 0. The maximum atomic E-state index is 12.2. The van der Waals surface area contributed by atoms with Gasteiger partial charge in [-0.25, -0.2) is 14.8 Å². The number of fused-ring (bicyclic) bond motifs is 1. The van der Waals surface area contributed by atoms with E-state index in [1.54, 1.807) is 54.9 Å². The number of carboxylic acid groups (broad SMARTS) is 1. The maximum absolute atomic E-state index is 12.2. The number of rotatable bonds is 5. The highest BCUT2D eigenvalue weighted by molar-refractivity contribution is 6.08. The van der Waals surface area contributed by atoms with Gasteiger partial charge in [0, 0.05) is 35.9 Å². The van der Waals surface area contributed by atoms with Crippen LogP contribution >= 0.6 is 0 Å². The molecule has 3 N–H and O–H groups in total. The van der Waals surface area contributed by atoms with E-state index in [4.69, 9.17) is 0 Å². The number of carbonyl (C=O) groups excluding carboxylic acids is 1. The van der Waals surface area contributed by atoms with Gasteiger partial charge in [0.15, 0.2) is 0 Å². The second kappa shape index (κ2) is 7.73. The standard InChI is InChI=1S/C21H15N5O3/c27-17(5-4-13-6-8-22-9-7-13)26-15-3-1-2-14(10-15)19-18-16(21(28)29)11-23-20(18)25-12-24-19/h1-12H,(H,26,27)(H,28,29)(H,23,24,25)/b5-4+. The van der Waals surface area contributed by atoms with Crippen LogP contribution in [0, 0.1) is 0 Å². The molecule has 0 unspecified atom stereocenters. The number of carboxylic acids is 1. The molecule has 0 saturated heterocycles. The van der Waals surface area contributed by atoms with Crippen molar-refractivity contribution in [3.8, 4) is 11.3 Å². The van der Waals surface area contributed by atoms with Crippen LogP contribution in [-0.4, -0.2) is 36.9 Å². The summed E-state index contributed by atoms with van der Waals surface area (Å²) < 4.78 is 0. The van der Waals surface area contributed by atoms with Gasteiger partial charge >= 0.3 is 5.97 Å². The van der Waals surface area contributed by atoms with Crippen LogP contribution in [0.1, 0.15) is 15.9 Å². The SMILES string of the molecule is O=C(/C=C/c1ccncc1)Nc1cccc(-c2ncnc3[nH]cc(C(=O)O)c23)c1. The molecular weight excluding hydrogens is 370 g/mol. The van der Waals surface area contributed by atoms with Gasteiger partial charge in [-0.3, -0.25) is 9.78 Å². The normalized spacial score (nSPS) is 11.0. The summed E-state index contributed by atoms with van der Waals surface area (Å²) in [5.74, 6) is -1.36. The Bertz CT molecular complexity index is 1230. The lowest BCUT2D eigenvalue weighted by atomic mass is 10.1. The topological polar surface area (TPSA) is 121 Å². The molecule has 4 aromatic rings. The van der Waals surface area contributed by atoms with Gasteiger partial charge in [-0.2, -0.15) is 0 Å². The Balaban J connectivity index is 1.62. The van der Waals surface area contributed by atoms with Crippen LogP contribution in [0.25, 0.3) is 28.4 Å². The highest BCUT2D eigenvalue weighted by atomic mass is 16.4. The van der Waals surface area contributed by atoms with Crippen molar-refractivity contribution in [1.29, 1.82) is 0 Å². The predicted molar refractivity (Wildman–Crippen MR) is 108 cm³/mol. The minimum atomic E-state index is -1.07.